The van der Waals surface area contributed by atoms with Crippen molar-refractivity contribution in [3.05, 3.63) is 95.1 Å². The van der Waals surface area contributed by atoms with Crippen molar-refractivity contribution in [2.45, 2.75) is 13.0 Å². The first-order valence-corrected chi connectivity index (χ1v) is 13.0. The van der Waals surface area contributed by atoms with E-state index in [2.05, 4.69) is 15.3 Å². The molecule has 0 saturated carbocycles. The van der Waals surface area contributed by atoms with Gasteiger partial charge in [-0.1, -0.05) is 12.1 Å². The van der Waals surface area contributed by atoms with Gasteiger partial charge >= 0.3 is 0 Å². The number of hydrogen-bond acceptors (Lipinski definition) is 7. The van der Waals surface area contributed by atoms with Crippen LogP contribution in [0.15, 0.2) is 79.1 Å². The van der Waals surface area contributed by atoms with Gasteiger partial charge < -0.3 is 15.2 Å². The van der Waals surface area contributed by atoms with E-state index in [0.717, 1.165) is 10.4 Å². The Morgan fingerprint density at radius 3 is 2.70 bits per heavy atom. The van der Waals surface area contributed by atoms with E-state index < -0.39 is 5.91 Å². The van der Waals surface area contributed by atoms with Crippen LogP contribution in [0.2, 0.25) is 0 Å². The number of aromatic nitrogens is 3. The van der Waals surface area contributed by atoms with E-state index in [-0.39, 0.29) is 30.7 Å². The van der Waals surface area contributed by atoms with Crippen molar-refractivity contribution < 1.29 is 14.4 Å². The van der Waals surface area contributed by atoms with Gasteiger partial charge in [0.1, 0.15) is 0 Å². The second kappa shape index (κ2) is 11.2. The van der Waals surface area contributed by atoms with Crippen LogP contribution in [0.1, 0.15) is 32.0 Å². The molecule has 0 aliphatic carbocycles. The van der Waals surface area contributed by atoms with Crippen molar-refractivity contribution in [1.82, 2.24) is 14.5 Å². The SMILES string of the molecule is CN(C(=O)c1cccc(C#N)c1)c1ccc2c(c1)nc(NC(=O)c1ccc(-c3cccnc3)s1)n2CCC(N)=O. The number of nitrogens with one attached hydrogen (secondary N) is 1. The number of nitrogens with two attached hydrogens (primary N) is 1. The number of amides is 3. The second-order valence-corrected chi connectivity index (χ2v) is 9.98. The minimum Gasteiger partial charge on any atom is -0.370 e. The van der Waals surface area contributed by atoms with Gasteiger partial charge in [0.25, 0.3) is 11.8 Å². The van der Waals surface area contributed by atoms with Gasteiger partial charge in [0, 0.05) is 54.1 Å². The quantitative estimate of drug-likeness (QED) is 0.293. The molecule has 0 saturated heterocycles. The molecule has 0 fully saturated rings. The molecule has 0 unspecified atom stereocenters. The van der Waals surface area contributed by atoms with E-state index >= 15 is 0 Å². The number of carbonyl (C=O) groups is 3. The van der Waals surface area contributed by atoms with E-state index in [1.54, 1.807) is 66.5 Å². The number of nitrogens with zero attached hydrogens (tertiary/aromatic N) is 5. The van der Waals surface area contributed by atoms with Crippen LogP contribution >= 0.6 is 11.3 Å². The maximum Gasteiger partial charge on any atom is 0.268 e. The fourth-order valence-electron chi connectivity index (χ4n) is 4.19. The molecule has 3 amide bonds. The largest absolute Gasteiger partial charge is 0.370 e. The van der Waals surface area contributed by atoms with E-state index in [1.165, 1.54) is 22.3 Å². The summed E-state index contributed by atoms with van der Waals surface area (Å²) >= 11 is 1.33. The highest BCUT2D eigenvalue weighted by Crippen LogP contribution is 2.29. The molecular formula is C29H23N7O3S. The van der Waals surface area contributed by atoms with E-state index in [1.807, 2.05) is 24.3 Å². The van der Waals surface area contributed by atoms with Crippen LogP contribution in [-0.4, -0.2) is 39.3 Å². The van der Waals surface area contributed by atoms with Crippen LogP contribution in [0.3, 0.4) is 0 Å². The molecule has 0 spiro atoms. The van der Waals surface area contributed by atoms with Crippen LogP contribution in [0.5, 0.6) is 0 Å². The predicted molar refractivity (Wildman–Crippen MR) is 153 cm³/mol. The second-order valence-electron chi connectivity index (χ2n) is 8.89. The smallest absolute Gasteiger partial charge is 0.268 e. The first-order chi connectivity index (χ1) is 19.3. The molecule has 0 aliphatic heterocycles. The summed E-state index contributed by atoms with van der Waals surface area (Å²) in [5.41, 5.74) is 8.82. The Hall–Kier alpha value is -5.34. The Bertz CT molecular complexity index is 1790. The van der Waals surface area contributed by atoms with Crippen molar-refractivity contribution in [2.75, 3.05) is 17.3 Å². The van der Waals surface area contributed by atoms with Gasteiger partial charge in [0.15, 0.2) is 0 Å². The zero-order valence-corrected chi connectivity index (χ0v) is 22.2. The summed E-state index contributed by atoms with van der Waals surface area (Å²) < 4.78 is 1.72. The van der Waals surface area contributed by atoms with Crippen LogP contribution in [0.4, 0.5) is 11.6 Å². The Morgan fingerprint density at radius 1 is 1.10 bits per heavy atom. The third-order valence-electron chi connectivity index (χ3n) is 6.25. The number of anilines is 2. The molecule has 0 radical (unpaired) electrons. The summed E-state index contributed by atoms with van der Waals surface area (Å²) in [6.45, 7) is 0.210. The standard InChI is InChI=1S/C29H23N7O3S/c1-35(28(39)19-5-2-4-18(14-19)16-30)21-7-8-23-22(15-21)33-29(36(23)13-11-26(31)37)34-27(38)25-10-9-24(40-25)20-6-3-12-32-17-20/h2-10,12,14-15,17H,11,13H2,1H3,(H2,31,37)(H,33,34,38). The summed E-state index contributed by atoms with van der Waals surface area (Å²) in [5, 5.41) is 12.0. The van der Waals surface area contributed by atoms with Gasteiger partial charge in [0.05, 0.1) is 27.5 Å². The molecule has 0 bridgehead atoms. The van der Waals surface area contributed by atoms with Crippen LogP contribution in [0, 0.1) is 11.3 Å². The minimum atomic E-state index is -0.486. The Balaban J connectivity index is 1.44. The van der Waals surface area contributed by atoms with Crippen LogP contribution < -0.4 is 16.0 Å². The highest BCUT2D eigenvalue weighted by atomic mass is 32.1. The van der Waals surface area contributed by atoms with Gasteiger partial charge in [-0.2, -0.15) is 5.26 Å². The fraction of sp³-hybridized carbons (Fsp3) is 0.103. The van der Waals surface area contributed by atoms with Crippen molar-refractivity contribution in [1.29, 1.82) is 5.26 Å². The lowest BCUT2D eigenvalue weighted by Crippen LogP contribution is -2.26. The van der Waals surface area contributed by atoms with Crippen LogP contribution in [0.25, 0.3) is 21.5 Å². The Kier molecular flexibility index (Phi) is 7.35. The normalized spacial score (nSPS) is 10.7. The van der Waals surface area contributed by atoms with Gasteiger partial charge in [-0.05, 0) is 54.6 Å². The Labute approximate surface area is 233 Å². The number of benzene rings is 2. The third kappa shape index (κ3) is 5.43. The van der Waals surface area contributed by atoms with E-state index in [9.17, 15) is 14.4 Å². The number of nitriles is 1. The van der Waals surface area contributed by atoms with Crippen molar-refractivity contribution in [2.24, 2.45) is 5.73 Å². The molecule has 3 heterocycles. The van der Waals surface area contributed by atoms with E-state index in [0.29, 0.717) is 32.7 Å². The highest BCUT2D eigenvalue weighted by Gasteiger charge is 2.19. The lowest BCUT2D eigenvalue weighted by Gasteiger charge is -2.17. The number of hydrogen-bond donors (Lipinski definition) is 2. The molecule has 198 valence electrons. The number of pyridine rings is 1. The number of rotatable bonds is 8. The summed E-state index contributed by atoms with van der Waals surface area (Å²) in [6, 6.07) is 21.1. The maximum atomic E-state index is 13.2. The maximum absolute atomic E-state index is 13.2. The zero-order valence-electron chi connectivity index (χ0n) is 21.4. The number of thiophene rings is 1. The van der Waals surface area contributed by atoms with Crippen molar-refractivity contribution >= 4 is 51.7 Å². The van der Waals surface area contributed by atoms with Crippen LogP contribution in [-0.2, 0) is 11.3 Å². The molecule has 5 aromatic rings. The summed E-state index contributed by atoms with van der Waals surface area (Å²) in [7, 11) is 1.63. The average molecular weight is 550 g/mol. The molecular weight excluding hydrogens is 526 g/mol. The lowest BCUT2D eigenvalue weighted by molar-refractivity contribution is -0.118. The van der Waals surface area contributed by atoms with Gasteiger partial charge in [-0.25, -0.2) is 4.98 Å². The molecule has 40 heavy (non-hydrogen) atoms. The van der Waals surface area contributed by atoms with Gasteiger partial charge in [-0.15, -0.1) is 11.3 Å². The monoisotopic (exact) mass is 549 g/mol. The molecule has 5 rings (SSSR count). The predicted octanol–water partition coefficient (Wildman–Crippen LogP) is 4.44. The number of primary amides is 1. The van der Waals surface area contributed by atoms with E-state index in [4.69, 9.17) is 11.0 Å². The first kappa shape index (κ1) is 26.3. The van der Waals surface area contributed by atoms with Gasteiger partial charge in [0.2, 0.25) is 11.9 Å². The molecule has 0 atom stereocenters. The molecule has 3 N–H and O–H groups in total. The topological polar surface area (TPSA) is 147 Å². The summed E-state index contributed by atoms with van der Waals surface area (Å²) in [6.07, 6.45) is 3.47. The molecule has 11 heteroatoms. The van der Waals surface area contributed by atoms with Gasteiger partial charge in [-0.3, -0.25) is 24.7 Å². The first-order valence-electron chi connectivity index (χ1n) is 12.2. The zero-order chi connectivity index (χ0) is 28.2. The number of imidazole rings is 1. The van der Waals surface area contributed by atoms with Crippen molar-refractivity contribution in [3.63, 3.8) is 0 Å². The summed E-state index contributed by atoms with van der Waals surface area (Å²) in [4.78, 5) is 49.4. The Morgan fingerprint density at radius 2 is 1.95 bits per heavy atom. The molecule has 0 aliphatic rings. The minimum absolute atomic E-state index is 0.0495. The number of aryl methyl sites for hydroxylation is 1. The average Bonchev–Trinajstić information content (AvgIpc) is 3.60. The number of carbonyl (C=O) groups excluding carboxylic acids is 3. The lowest BCUT2D eigenvalue weighted by atomic mass is 10.1. The fourth-order valence-corrected chi connectivity index (χ4v) is 5.08. The molecule has 3 aromatic heterocycles. The third-order valence-corrected chi connectivity index (χ3v) is 7.38. The molecule has 2 aromatic carbocycles. The highest BCUT2D eigenvalue weighted by molar-refractivity contribution is 7.17. The molecule has 10 nitrogen and oxygen atoms in total. The summed E-state index contributed by atoms with van der Waals surface area (Å²) in [5.74, 6) is -0.869. The van der Waals surface area contributed by atoms with Crippen molar-refractivity contribution in [3.8, 4) is 16.5 Å². The number of fused-ring (bicyclic) bond motifs is 1.